The van der Waals surface area contributed by atoms with E-state index >= 15 is 0 Å². The molecule has 1 unspecified atom stereocenters. The largest absolute Gasteiger partial charge is 0.501 e. The summed E-state index contributed by atoms with van der Waals surface area (Å²) in [5, 5.41) is 10.3. The van der Waals surface area contributed by atoms with Gasteiger partial charge in [0.1, 0.15) is 11.5 Å². The Morgan fingerprint density at radius 2 is 1.83 bits per heavy atom. The predicted octanol–water partition coefficient (Wildman–Crippen LogP) is 1.87. The number of benzene rings is 1. The molecule has 7 nitrogen and oxygen atoms in total. The summed E-state index contributed by atoms with van der Waals surface area (Å²) in [6.45, 7) is 1.93. The molecule has 0 spiro atoms. The van der Waals surface area contributed by atoms with Crippen LogP contribution in [-0.2, 0) is 19.9 Å². The molecule has 128 valence electrons. The van der Waals surface area contributed by atoms with Gasteiger partial charge in [-0.25, -0.2) is 0 Å². The van der Waals surface area contributed by atoms with E-state index in [1.54, 1.807) is 18.2 Å². The summed E-state index contributed by atoms with van der Waals surface area (Å²) in [4.78, 5) is 26.0. The van der Waals surface area contributed by atoms with Crippen LogP contribution in [-0.4, -0.2) is 42.5 Å². The third-order valence-corrected chi connectivity index (χ3v) is 4.38. The van der Waals surface area contributed by atoms with Gasteiger partial charge in [-0.05, 0) is 25.5 Å². The first-order chi connectivity index (χ1) is 11.4. The van der Waals surface area contributed by atoms with E-state index in [2.05, 4.69) is 0 Å². The van der Waals surface area contributed by atoms with Crippen molar-refractivity contribution in [2.75, 3.05) is 20.8 Å². The highest BCUT2D eigenvalue weighted by molar-refractivity contribution is 6.04. The average molecular weight is 333 g/mol. The van der Waals surface area contributed by atoms with E-state index in [1.807, 2.05) is 0 Å². The van der Waals surface area contributed by atoms with E-state index in [-0.39, 0.29) is 11.8 Å². The summed E-state index contributed by atoms with van der Waals surface area (Å²) in [7, 11) is 2.94. The molecule has 1 N–H and O–H groups in total. The third-order valence-electron chi connectivity index (χ3n) is 4.38. The molecular weight excluding hydrogens is 314 g/mol. The average Bonchev–Trinajstić information content (AvgIpc) is 3.11. The van der Waals surface area contributed by atoms with E-state index in [9.17, 15) is 14.7 Å². The number of carbonyl (C=O) groups is 2. The number of hydrogen-bond acceptors (Lipinski definition) is 6. The summed E-state index contributed by atoms with van der Waals surface area (Å²) in [5.74, 6) is -0.682. The lowest BCUT2D eigenvalue weighted by molar-refractivity contribution is -0.137. The van der Waals surface area contributed by atoms with Crippen molar-refractivity contribution in [1.82, 2.24) is 4.90 Å². The molecule has 1 saturated heterocycles. The Hall–Kier alpha value is -2.70. The molecule has 1 atom stereocenters. The Kier molecular flexibility index (Phi) is 3.87. The van der Waals surface area contributed by atoms with Gasteiger partial charge in [0.25, 0.3) is 5.78 Å². The Bertz CT molecular complexity index is 718. The molecule has 1 fully saturated rings. The zero-order valence-corrected chi connectivity index (χ0v) is 13.8. The second kappa shape index (κ2) is 5.74. The van der Waals surface area contributed by atoms with Crippen LogP contribution >= 0.6 is 0 Å². The lowest BCUT2D eigenvalue weighted by atomic mass is 9.90. The van der Waals surface area contributed by atoms with Crippen molar-refractivity contribution < 1.29 is 28.9 Å². The molecule has 1 amide bonds. The molecule has 1 aromatic carbocycles. The van der Waals surface area contributed by atoms with Crippen molar-refractivity contribution in [1.29, 1.82) is 0 Å². The molecule has 7 heteroatoms. The van der Waals surface area contributed by atoms with Gasteiger partial charge < -0.3 is 19.3 Å². The van der Waals surface area contributed by atoms with Crippen molar-refractivity contribution in [3.63, 3.8) is 0 Å². The van der Waals surface area contributed by atoms with Crippen LogP contribution in [0.5, 0.6) is 11.5 Å². The predicted molar refractivity (Wildman–Crippen MR) is 83.6 cm³/mol. The van der Waals surface area contributed by atoms with Crippen molar-refractivity contribution in [2.45, 2.75) is 25.4 Å². The number of likely N-dealkylation sites (tertiary alicyclic amines) is 1. The number of nitrogens with zero attached hydrogens (tertiary/aromatic N) is 1. The Labute approximate surface area is 139 Å². The lowest BCUT2D eigenvalue weighted by Crippen LogP contribution is -2.33. The van der Waals surface area contributed by atoms with Crippen LogP contribution in [0.2, 0.25) is 0 Å². The molecule has 0 bridgehead atoms. The van der Waals surface area contributed by atoms with E-state index in [4.69, 9.17) is 14.2 Å². The Morgan fingerprint density at radius 3 is 2.33 bits per heavy atom. The summed E-state index contributed by atoms with van der Waals surface area (Å²) in [5.41, 5.74) is -1.17. The molecule has 1 aromatic rings. The third kappa shape index (κ3) is 2.19. The number of aliphatic hydroxyl groups excluding tert-OH is 1. The van der Waals surface area contributed by atoms with Gasteiger partial charge in [0.05, 0.1) is 19.8 Å². The summed E-state index contributed by atoms with van der Waals surface area (Å²) >= 11 is 0. The summed E-state index contributed by atoms with van der Waals surface area (Å²) in [6.07, 6.45) is 1.02. The second-order valence-electron chi connectivity index (χ2n) is 5.80. The van der Waals surface area contributed by atoms with Crippen LogP contribution in [0.15, 0.2) is 29.8 Å². The smallest absolute Gasteiger partial charge is 0.250 e. The maximum absolute atomic E-state index is 12.8. The number of rotatable bonds is 4. The molecule has 24 heavy (non-hydrogen) atoms. The normalized spacial score (nSPS) is 23.7. The van der Waals surface area contributed by atoms with E-state index in [1.165, 1.54) is 26.0 Å². The highest BCUT2D eigenvalue weighted by Gasteiger charge is 2.53. The van der Waals surface area contributed by atoms with Gasteiger partial charge in [-0.1, -0.05) is 6.07 Å². The van der Waals surface area contributed by atoms with Gasteiger partial charge in [-0.15, -0.1) is 0 Å². The van der Waals surface area contributed by atoms with Gasteiger partial charge in [0, 0.05) is 13.0 Å². The monoisotopic (exact) mass is 333 g/mol. The van der Waals surface area contributed by atoms with Crippen molar-refractivity contribution >= 4 is 11.7 Å². The maximum atomic E-state index is 12.8. The standard InChI is InChI=1S/C17H19NO6/c1-17(13-10(22-2)6-4-7-11(13)23-3)15(21)14(20)16(24-17)18-9-5-8-12(18)19/h4,6-7,20H,5,8-9H2,1-3H3. The van der Waals surface area contributed by atoms with Gasteiger partial charge in [0.15, 0.2) is 0 Å². The molecule has 0 radical (unpaired) electrons. The fraction of sp³-hybridized carbons (Fsp3) is 0.412. The molecule has 3 rings (SSSR count). The first kappa shape index (κ1) is 16.2. The number of Topliss-reactive ketones (excluding diaryl/α,β-unsaturated/α-hetero) is 1. The quantitative estimate of drug-likeness (QED) is 0.905. The van der Waals surface area contributed by atoms with Crippen LogP contribution < -0.4 is 9.47 Å². The number of ketones is 1. The van der Waals surface area contributed by atoms with Gasteiger partial charge in [-0.2, -0.15) is 0 Å². The minimum Gasteiger partial charge on any atom is -0.501 e. The van der Waals surface area contributed by atoms with Crippen molar-refractivity contribution in [3.8, 4) is 11.5 Å². The maximum Gasteiger partial charge on any atom is 0.250 e. The molecule has 2 heterocycles. The molecule has 0 saturated carbocycles. The molecule has 2 aliphatic rings. The first-order valence-corrected chi connectivity index (χ1v) is 7.63. The van der Waals surface area contributed by atoms with E-state index < -0.39 is 17.1 Å². The van der Waals surface area contributed by atoms with Crippen LogP contribution in [0.1, 0.15) is 25.3 Å². The molecule has 2 aliphatic heterocycles. The number of methoxy groups -OCH3 is 2. The van der Waals surface area contributed by atoms with Crippen LogP contribution in [0.4, 0.5) is 0 Å². The van der Waals surface area contributed by atoms with Gasteiger partial charge in [-0.3, -0.25) is 14.5 Å². The van der Waals surface area contributed by atoms with Crippen molar-refractivity contribution in [3.05, 3.63) is 35.4 Å². The van der Waals surface area contributed by atoms with Gasteiger partial charge in [0.2, 0.25) is 23.2 Å². The number of carbonyl (C=O) groups excluding carboxylic acids is 2. The fourth-order valence-corrected chi connectivity index (χ4v) is 3.14. The zero-order chi connectivity index (χ0) is 17.5. The zero-order valence-electron chi connectivity index (χ0n) is 13.8. The minimum atomic E-state index is -1.54. The SMILES string of the molecule is COc1cccc(OC)c1C1(C)OC(N2CCCC2=O)=C(O)C1=O. The lowest BCUT2D eigenvalue weighted by Gasteiger charge is -2.28. The molecule has 0 aromatic heterocycles. The fourth-order valence-electron chi connectivity index (χ4n) is 3.14. The van der Waals surface area contributed by atoms with E-state index in [0.717, 1.165) is 0 Å². The Morgan fingerprint density at radius 1 is 1.21 bits per heavy atom. The first-order valence-electron chi connectivity index (χ1n) is 7.63. The number of ether oxygens (including phenoxy) is 3. The van der Waals surface area contributed by atoms with Crippen LogP contribution in [0.3, 0.4) is 0 Å². The summed E-state index contributed by atoms with van der Waals surface area (Å²) < 4.78 is 16.5. The van der Waals surface area contributed by atoms with E-state index in [0.29, 0.717) is 36.4 Å². The number of amides is 1. The number of hydrogen-bond donors (Lipinski definition) is 1. The van der Waals surface area contributed by atoms with Crippen LogP contribution in [0, 0.1) is 0 Å². The second-order valence-corrected chi connectivity index (χ2v) is 5.80. The number of aliphatic hydroxyl groups is 1. The van der Waals surface area contributed by atoms with Gasteiger partial charge >= 0.3 is 0 Å². The minimum absolute atomic E-state index is 0.0991. The highest BCUT2D eigenvalue weighted by atomic mass is 16.5. The topological polar surface area (TPSA) is 85.3 Å². The van der Waals surface area contributed by atoms with Crippen LogP contribution in [0.25, 0.3) is 0 Å². The molecular formula is C17H19NO6. The summed E-state index contributed by atoms with van der Waals surface area (Å²) in [6, 6.07) is 5.08. The highest BCUT2D eigenvalue weighted by Crippen LogP contribution is 2.47. The molecule has 0 aliphatic carbocycles. The van der Waals surface area contributed by atoms with Crippen molar-refractivity contribution in [2.24, 2.45) is 0 Å². The Balaban J connectivity index is 2.08.